The van der Waals surface area contributed by atoms with Gasteiger partial charge in [-0.1, -0.05) is 18.2 Å². The van der Waals surface area contributed by atoms with E-state index in [-0.39, 0.29) is 37.5 Å². The lowest BCUT2D eigenvalue weighted by Crippen LogP contribution is -2.50. The second kappa shape index (κ2) is 8.01. The topological polar surface area (TPSA) is 61.4 Å². The van der Waals surface area contributed by atoms with Crippen LogP contribution < -0.4 is 10.2 Å². The average molecular weight is 433 g/mol. The number of anilines is 2. The number of carbonyl (C=O) groups is 1. The molecule has 1 aliphatic rings. The molecule has 1 aliphatic heterocycles. The number of urea groups is 1. The third kappa shape index (κ3) is 4.37. The normalized spacial score (nSPS) is 14.7. The number of carbonyl (C=O) groups excluding carboxylic acids is 1. The molecule has 162 valence electrons. The van der Waals surface area contributed by atoms with E-state index in [1.807, 2.05) is 0 Å². The zero-order valence-corrected chi connectivity index (χ0v) is 16.6. The minimum Gasteiger partial charge on any atom is -0.351 e. The Kier molecular flexibility index (Phi) is 5.38. The Bertz CT molecular complexity index is 1130. The summed E-state index contributed by atoms with van der Waals surface area (Å²) >= 11 is 0. The first-order valence-electron chi connectivity index (χ1n) is 9.63. The van der Waals surface area contributed by atoms with Crippen LogP contribution in [0.2, 0.25) is 0 Å². The highest BCUT2D eigenvalue weighted by Gasteiger charge is 2.39. The number of halogens is 4. The number of nitrogens with one attached hydrogen (secondary N) is 1. The van der Waals surface area contributed by atoms with Crippen LogP contribution in [-0.2, 0) is 6.18 Å². The zero-order chi connectivity index (χ0) is 22.2. The van der Waals surface area contributed by atoms with Gasteiger partial charge in [0.05, 0.1) is 11.0 Å². The van der Waals surface area contributed by atoms with E-state index < -0.39 is 23.7 Å². The van der Waals surface area contributed by atoms with Gasteiger partial charge in [0.1, 0.15) is 5.82 Å². The molecule has 0 unspecified atom stereocenters. The van der Waals surface area contributed by atoms with E-state index in [0.29, 0.717) is 16.8 Å². The summed E-state index contributed by atoms with van der Waals surface area (Å²) in [6.45, 7) is 2.31. The van der Waals surface area contributed by atoms with Crippen molar-refractivity contribution in [3.05, 3.63) is 59.5 Å². The summed E-state index contributed by atoms with van der Waals surface area (Å²) < 4.78 is 54.5. The second-order valence-corrected chi connectivity index (χ2v) is 7.25. The van der Waals surface area contributed by atoms with E-state index >= 15 is 0 Å². The van der Waals surface area contributed by atoms with Crippen LogP contribution >= 0.6 is 0 Å². The van der Waals surface area contributed by atoms with Crippen molar-refractivity contribution in [3.63, 3.8) is 0 Å². The van der Waals surface area contributed by atoms with Crippen LogP contribution in [0.5, 0.6) is 0 Å². The van der Waals surface area contributed by atoms with E-state index in [0.717, 1.165) is 0 Å². The molecule has 0 atom stereocenters. The van der Waals surface area contributed by atoms with Gasteiger partial charge in [-0.15, -0.1) is 0 Å². The summed E-state index contributed by atoms with van der Waals surface area (Å²) in [6, 6.07) is 10.3. The number of fused-ring (bicyclic) bond motifs is 1. The SMILES string of the molecule is Cc1ccc(NC(=O)N2CCN(c3nc4ccccc4nc3C(F)(F)F)CC2)cc1F. The van der Waals surface area contributed by atoms with Crippen LogP contribution in [0, 0.1) is 12.7 Å². The van der Waals surface area contributed by atoms with Crippen LogP contribution in [-0.4, -0.2) is 47.1 Å². The number of nitrogens with zero attached hydrogens (tertiary/aromatic N) is 4. The first kappa shape index (κ1) is 20.8. The monoisotopic (exact) mass is 433 g/mol. The molecule has 0 spiro atoms. The predicted octanol–water partition coefficient (Wildman–Crippen LogP) is 4.45. The van der Waals surface area contributed by atoms with Gasteiger partial charge in [0.15, 0.2) is 11.5 Å². The van der Waals surface area contributed by atoms with Crippen molar-refractivity contribution in [3.8, 4) is 0 Å². The number of alkyl halides is 3. The molecule has 0 bridgehead atoms. The molecule has 1 N–H and O–H groups in total. The summed E-state index contributed by atoms with van der Waals surface area (Å²) in [7, 11) is 0. The Morgan fingerprint density at radius 3 is 2.26 bits per heavy atom. The molecule has 1 aromatic heterocycles. The Balaban J connectivity index is 1.50. The zero-order valence-electron chi connectivity index (χ0n) is 16.6. The quantitative estimate of drug-likeness (QED) is 0.607. The van der Waals surface area contributed by atoms with Crippen LogP contribution in [0.3, 0.4) is 0 Å². The molecular weight excluding hydrogens is 414 g/mol. The number of piperazine rings is 1. The third-order valence-corrected chi connectivity index (χ3v) is 5.11. The third-order valence-electron chi connectivity index (χ3n) is 5.11. The lowest BCUT2D eigenvalue weighted by Gasteiger charge is -2.36. The van der Waals surface area contributed by atoms with Gasteiger partial charge in [0.25, 0.3) is 0 Å². The van der Waals surface area contributed by atoms with Crippen LogP contribution in [0.1, 0.15) is 11.3 Å². The van der Waals surface area contributed by atoms with Crippen molar-refractivity contribution < 1.29 is 22.4 Å². The first-order chi connectivity index (χ1) is 14.7. The fourth-order valence-corrected chi connectivity index (χ4v) is 3.40. The summed E-state index contributed by atoms with van der Waals surface area (Å²) in [6.07, 6.45) is -4.66. The summed E-state index contributed by atoms with van der Waals surface area (Å²) in [5.74, 6) is -0.677. The molecule has 2 aromatic carbocycles. The number of para-hydroxylation sites is 2. The lowest BCUT2D eigenvalue weighted by molar-refractivity contribution is -0.140. The molecule has 1 fully saturated rings. The molecule has 1 saturated heterocycles. The molecule has 6 nitrogen and oxygen atoms in total. The van der Waals surface area contributed by atoms with Crippen molar-refractivity contribution >= 4 is 28.6 Å². The average Bonchev–Trinajstić information content (AvgIpc) is 2.75. The van der Waals surface area contributed by atoms with Gasteiger partial charge in [0, 0.05) is 31.9 Å². The van der Waals surface area contributed by atoms with Crippen LogP contribution in [0.15, 0.2) is 42.5 Å². The predicted molar refractivity (Wildman–Crippen MR) is 108 cm³/mol. The van der Waals surface area contributed by atoms with E-state index in [9.17, 15) is 22.4 Å². The number of hydrogen-bond acceptors (Lipinski definition) is 4. The van der Waals surface area contributed by atoms with Gasteiger partial charge in [-0.3, -0.25) is 0 Å². The molecular formula is C21H19F4N5O. The molecule has 4 rings (SSSR count). The van der Waals surface area contributed by atoms with Crippen LogP contribution in [0.25, 0.3) is 11.0 Å². The molecule has 2 amide bonds. The van der Waals surface area contributed by atoms with E-state index in [4.69, 9.17) is 0 Å². The van der Waals surface area contributed by atoms with Gasteiger partial charge in [-0.2, -0.15) is 13.2 Å². The van der Waals surface area contributed by atoms with E-state index in [1.165, 1.54) is 21.9 Å². The minimum atomic E-state index is -4.66. The Hall–Kier alpha value is -3.43. The molecule has 0 saturated carbocycles. The largest absolute Gasteiger partial charge is 0.437 e. The fraction of sp³-hybridized carbons (Fsp3) is 0.286. The van der Waals surface area contributed by atoms with Gasteiger partial charge in [-0.05, 0) is 36.8 Å². The first-order valence-corrected chi connectivity index (χ1v) is 9.63. The molecule has 0 radical (unpaired) electrons. The molecule has 3 aromatic rings. The highest BCUT2D eigenvalue weighted by atomic mass is 19.4. The van der Waals surface area contributed by atoms with E-state index in [1.54, 1.807) is 37.3 Å². The summed E-state index contributed by atoms with van der Waals surface area (Å²) in [5.41, 5.74) is 0.270. The smallest absolute Gasteiger partial charge is 0.351 e. The molecule has 0 aliphatic carbocycles. The second-order valence-electron chi connectivity index (χ2n) is 7.25. The van der Waals surface area contributed by atoms with E-state index in [2.05, 4.69) is 15.3 Å². The van der Waals surface area contributed by atoms with Crippen LogP contribution in [0.4, 0.5) is 33.9 Å². The number of aromatic nitrogens is 2. The van der Waals surface area contributed by atoms with Crippen molar-refractivity contribution in [1.82, 2.24) is 14.9 Å². The lowest BCUT2D eigenvalue weighted by atomic mass is 10.2. The maximum atomic E-state index is 13.7. The maximum Gasteiger partial charge on any atom is 0.437 e. The van der Waals surface area contributed by atoms with Crippen molar-refractivity contribution in [2.75, 3.05) is 36.4 Å². The van der Waals surface area contributed by atoms with Crippen molar-refractivity contribution in [2.24, 2.45) is 0 Å². The summed E-state index contributed by atoms with van der Waals surface area (Å²) in [5, 5.41) is 2.61. The highest BCUT2D eigenvalue weighted by Crippen LogP contribution is 2.35. The van der Waals surface area contributed by atoms with Gasteiger partial charge < -0.3 is 15.1 Å². The van der Waals surface area contributed by atoms with Crippen molar-refractivity contribution in [1.29, 1.82) is 0 Å². The van der Waals surface area contributed by atoms with Gasteiger partial charge in [-0.25, -0.2) is 19.2 Å². The number of hydrogen-bond donors (Lipinski definition) is 1. The molecule has 10 heteroatoms. The van der Waals surface area contributed by atoms with Crippen molar-refractivity contribution in [2.45, 2.75) is 13.1 Å². The summed E-state index contributed by atoms with van der Waals surface area (Å²) in [4.78, 5) is 23.4. The minimum absolute atomic E-state index is 0.159. The number of aryl methyl sites for hydroxylation is 1. The number of benzene rings is 2. The fourth-order valence-electron chi connectivity index (χ4n) is 3.40. The highest BCUT2D eigenvalue weighted by molar-refractivity contribution is 5.89. The Morgan fingerprint density at radius 1 is 1.00 bits per heavy atom. The number of rotatable bonds is 2. The molecule has 31 heavy (non-hydrogen) atoms. The maximum absolute atomic E-state index is 13.7. The number of amides is 2. The van der Waals surface area contributed by atoms with Gasteiger partial charge in [0.2, 0.25) is 0 Å². The standard InChI is InChI=1S/C21H19F4N5O/c1-13-6-7-14(12-15(13)22)26-20(31)30-10-8-29(9-11-30)19-18(21(23,24)25)27-16-4-2-3-5-17(16)28-19/h2-7,12H,8-11H2,1H3,(H,26,31). The molecule has 2 heterocycles. The van der Waals surface area contributed by atoms with Gasteiger partial charge >= 0.3 is 12.2 Å². The Labute approximate surface area is 175 Å². The Morgan fingerprint density at radius 2 is 1.65 bits per heavy atom.